The molecule has 108 valence electrons. The lowest BCUT2D eigenvalue weighted by atomic mass is 10.0. The number of benzene rings is 3. The molecule has 0 saturated carbocycles. The highest BCUT2D eigenvalue weighted by atomic mass is 14.9. The summed E-state index contributed by atoms with van der Waals surface area (Å²) < 4.78 is 2.22. The van der Waals surface area contributed by atoms with Gasteiger partial charge >= 0.3 is 0 Å². The van der Waals surface area contributed by atoms with Gasteiger partial charge in [-0.2, -0.15) is 0 Å². The van der Waals surface area contributed by atoms with Crippen LogP contribution in [0.2, 0.25) is 0 Å². The van der Waals surface area contributed by atoms with Crippen LogP contribution in [0.3, 0.4) is 0 Å². The molecule has 5 aromatic rings. The number of nitrogens with zero attached hydrogens (tertiary/aromatic N) is 1. The van der Waals surface area contributed by atoms with Crippen LogP contribution in [0, 0.1) is 0 Å². The third-order valence-corrected chi connectivity index (χ3v) is 4.54. The summed E-state index contributed by atoms with van der Waals surface area (Å²) in [6, 6.07) is 28.2. The fourth-order valence-electron chi connectivity index (χ4n) is 3.32. The Morgan fingerprint density at radius 3 is 2.00 bits per heavy atom. The van der Waals surface area contributed by atoms with E-state index in [9.17, 15) is 0 Å². The van der Waals surface area contributed by atoms with Gasteiger partial charge in [0.15, 0.2) is 0 Å². The number of fused-ring (bicyclic) bond motifs is 3. The molecule has 0 fully saturated rings. The smallest absolute Gasteiger partial charge is 0.0462 e. The number of hydrogen-bond donors (Lipinski definition) is 0. The lowest BCUT2D eigenvalue weighted by molar-refractivity contribution is 1.22. The van der Waals surface area contributed by atoms with Crippen molar-refractivity contribution in [1.29, 1.82) is 0 Å². The van der Waals surface area contributed by atoms with Crippen molar-refractivity contribution in [3.8, 4) is 11.1 Å². The monoisotopic (exact) mass is 293 g/mol. The van der Waals surface area contributed by atoms with Gasteiger partial charge in [-0.05, 0) is 45.3 Å². The van der Waals surface area contributed by atoms with E-state index >= 15 is 0 Å². The van der Waals surface area contributed by atoms with Crippen molar-refractivity contribution in [1.82, 2.24) is 4.40 Å². The zero-order chi connectivity index (χ0) is 15.2. The molecule has 1 heteroatoms. The van der Waals surface area contributed by atoms with Crippen molar-refractivity contribution in [2.24, 2.45) is 0 Å². The van der Waals surface area contributed by atoms with Gasteiger partial charge in [0.1, 0.15) is 0 Å². The standard InChI is InChI=1S/C22H15N/c1-2-6-17-11-19(10-9-16(17)5-1)21-13-22-12-18-7-3-4-8-20(18)14-23(22)15-21/h1-15H. The summed E-state index contributed by atoms with van der Waals surface area (Å²) in [6.45, 7) is 0. The van der Waals surface area contributed by atoms with Crippen LogP contribution < -0.4 is 0 Å². The molecule has 2 heterocycles. The lowest BCUT2D eigenvalue weighted by Crippen LogP contribution is -1.81. The highest BCUT2D eigenvalue weighted by molar-refractivity contribution is 5.90. The first-order valence-corrected chi connectivity index (χ1v) is 7.86. The minimum atomic E-state index is 1.23. The molecule has 0 unspecified atom stereocenters. The van der Waals surface area contributed by atoms with E-state index in [2.05, 4.69) is 95.7 Å². The summed E-state index contributed by atoms with van der Waals surface area (Å²) in [7, 11) is 0. The highest BCUT2D eigenvalue weighted by Gasteiger charge is 2.05. The van der Waals surface area contributed by atoms with Crippen LogP contribution in [0.15, 0.2) is 91.3 Å². The van der Waals surface area contributed by atoms with E-state index in [1.165, 1.54) is 38.2 Å². The number of aromatic nitrogens is 1. The summed E-state index contributed by atoms with van der Waals surface area (Å²) in [5, 5.41) is 5.11. The number of rotatable bonds is 1. The largest absolute Gasteiger partial charge is 0.323 e. The van der Waals surface area contributed by atoms with E-state index in [1.807, 2.05) is 0 Å². The molecular formula is C22H15N. The second-order valence-corrected chi connectivity index (χ2v) is 6.03. The van der Waals surface area contributed by atoms with Crippen molar-refractivity contribution in [3.63, 3.8) is 0 Å². The summed E-state index contributed by atoms with van der Waals surface area (Å²) >= 11 is 0. The molecule has 0 N–H and O–H groups in total. The normalized spacial score (nSPS) is 11.5. The quantitative estimate of drug-likeness (QED) is 0.362. The van der Waals surface area contributed by atoms with Crippen molar-refractivity contribution in [2.45, 2.75) is 0 Å². The summed E-state index contributed by atoms with van der Waals surface area (Å²) in [5.41, 5.74) is 3.74. The first-order chi connectivity index (χ1) is 11.4. The molecule has 0 aliphatic heterocycles. The van der Waals surface area contributed by atoms with E-state index in [1.54, 1.807) is 0 Å². The van der Waals surface area contributed by atoms with E-state index in [0.29, 0.717) is 0 Å². The second-order valence-electron chi connectivity index (χ2n) is 6.03. The Morgan fingerprint density at radius 1 is 0.478 bits per heavy atom. The molecule has 1 nitrogen and oxygen atoms in total. The maximum absolute atomic E-state index is 2.27. The van der Waals surface area contributed by atoms with Crippen LogP contribution in [-0.2, 0) is 0 Å². The minimum absolute atomic E-state index is 1.23. The Balaban J connectivity index is 1.73. The molecule has 0 bridgehead atoms. The molecule has 3 aromatic carbocycles. The van der Waals surface area contributed by atoms with Crippen LogP contribution in [0.1, 0.15) is 0 Å². The first kappa shape index (κ1) is 12.5. The molecule has 0 saturated heterocycles. The van der Waals surface area contributed by atoms with Gasteiger partial charge in [0.2, 0.25) is 0 Å². The Kier molecular flexibility index (Phi) is 2.56. The lowest BCUT2D eigenvalue weighted by Gasteiger charge is -2.01. The molecule has 0 radical (unpaired) electrons. The molecule has 5 rings (SSSR count). The number of pyridine rings is 1. The topological polar surface area (TPSA) is 4.41 Å². The maximum atomic E-state index is 2.27. The molecule has 0 spiro atoms. The fourth-order valence-corrected chi connectivity index (χ4v) is 3.32. The summed E-state index contributed by atoms with van der Waals surface area (Å²) in [5.74, 6) is 0. The SMILES string of the molecule is c1ccc2cc(-c3cc4cc5ccccc5cn4c3)ccc2c1. The van der Waals surface area contributed by atoms with Gasteiger partial charge < -0.3 is 4.40 Å². The van der Waals surface area contributed by atoms with E-state index in [-0.39, 0.29) is 0 Å². The minimum Gasteiger partial charge on any atom is -0.323 e. The van der Waals surface area contributed by atoms with Gasteiger partial charge in [0.05, 0.1) is 0 Å². The van der Waals surface area contributed by atoms with Crippen LogP contribution >= 0.6 is 0 Å². The van der Waals surface area contributed by atoms with Gasteiger partial charge in [0.25, 0.3) is 0 Å². The molecule has 0 aliphatic rings. The van der Waals surface area contributed by atoms with Gasteiger partial charge in [-0.25, -0.2) is 0 Å². The van der Waals surface area contributed by atoms with Gasteiger partial charge in [0, 0.05) is 23.5 Å². The Labute approximate surface area is 134 Å². The van der Waals surface area contributed by atoms with Crippen LogP contribution in [-0.4, -0.2) is 4.40 Å². The highest BCUT2D eigenvalue weighted by Crippen LogP contribution is 2.28. The summed E-state index contributed by atoms with van der Waals surface area (Å²) in [4.78, 5) is 0. The zero-order valence-corrected chi connectivity index (χ0v) is 12.6. The van der Waals surface area contributed by atoms with Crippen LogP contribution in [0.5, 0.6) is 0 Å². The average molecular weight is 293 g/mol. The molecule has 2 aromatic heterocycles. The fraction of sp³-hybridized carbons (Fsp3) is 0. The molecule has 0 amide bonds. The number of hydrogen-bond acceptors (Lipinski definition) is 0. The van der Waals surface area contributed by atoms with Gasteiger partial charge in [-0.3, -0.25) is 0 Å². The first-order valence-electron chi connectivity index (χ1n) is 7.86. The zero-order valence-electron chi connectivity index (χ0n) is 12.6. The average Bonchev–Trinajstić information content (AvgIpc) is 3.02. The van der Waals surface area contributed by atoms with Crippen molar-refractivity contribution < 1.29 is 0 Å². The van der Waals surface area contributed by atoms with Crippen molar-refractivity contribution in [3.05, 3.63) is 91.3 Å². The van der Waals surface area contributed by atoms with E-state index in [0.717, 1.165) is 0 Å². The van der Waals surface area contributed by atoms with Gasteiger partial charge in [-0.15, -0.1) is 0 Å². The van der Waals surface area contributed by atoms with Crippen LogP contribution in [0.25, 0.3) is 38.2 Å². The third kappa shape index (κ3) is 2.01. The predicted octanol–water partition coefficient (Wildman–Crippen LogP) is 5.91. The molecule has 0 aliphatic carbocycles. The van der Waals surface area contributed by atoms with E-state index in [4.69, 9.17) is 0 Å². The Morgan fingerprint density at radius 2 is 1.17 bits per heavy atom. The molecular weight excluding hydrogens is 278 g/mol. The Bertz CT molecular complexity index is 1110. The molecule has 23 heavy (non-hydrogen) atoms. The predicted molar refractivity (Wildman–Crippen MR) is 97.8 cm³/mol. The second kappa shape index (κ2) is 4.72. The van der Waals surface area contributed by atoms with Gasteiger partial charge in [-0.1, -0.05) is 60.7 Å². The van der Waals surface area contributed by atoms with Crippen molar-refractivity contribution >= 4 is 27.1 Å². The van der Waals surface area contributed by atoms with Crippen molar-refractivity contribution in [2.75, 3.05) is 0 Å². The van der Waals surface area contributed by atoms with E-state index < -0.39 is 0 Å². The summed E-state index contributed by atoms with van der Waals surface area (Å²) in [6.07, 6.45) is 4.42. The molecule has 0 atom stereocenters. The van der Waals surface area contributed by atoms with Crippen LogP contribution in [0.4, 0.5) is 0 Å². The maximum Gasteiger partial charge on any atom is 0.0462 e. The third-order valence-electron chi connectivity index (χ3n) is 4.54. The Hall–Kier alpha value is -3.06.